The number of ketones is 1. The zero-order chi connectivity index (χ0) is 40.3. The SMILES string of the molecule is CC1(C)CC[C@]2(C(=O)O)CC[C@]3(C)C(=CCC4[C@@]5(C)CC[C@H](C(=O)[C@@H]6OC(OC=O)[C@@H](O)C(O[C@@H]7OC[C@@H](O)C(O)[C@@H]7O)[C@@H]6O)C(C)(C)C5CC[C@]43C)C2C1. The predicted molar refractivity (Wildman–Crippen MR) is 196 cm³/mol. The van der Waals surface area contributed by atoms with Crippen LogP contribution in [-0.2, 0) is 33.3 Å². The second-order valence-electron chi connectivity index (χ2n) is 20.5. The van der Waals surface area contributed by atoms with E-state index >= 15 is 0 Å². The smallest absolute Gasteiger partial charge is 0.310 e. The van der Waals surface area contributed by atoms with Crippen LogP contribution in [0.15, 0.2) is 11.6 Å². The van der Waals surface area contributed by atoms with E-state index in [2.05, 4.69) is 54.5 Å². The Bertz CT molecular complexity index is 1560. The number of carboxylic acids is 1. The molecule has 2 aliphatic heterocycles. The summed E-state index contributed by atoms with van der Waals surface area (Å²) in [6.45, 7) is 15.7. The summed E-state index contributed by atoms with van der Waals surface area (Å²) in [7, 11) is 0. The number of rotatable bonds is 7. The summed E-state index contributed by atoms with van der Waals surface area (Å²) in [6, 6.07) is 0. The van der Waals surface area contributed by atoms with Gasteiger partial charge in [0.15, 0.2) is 12.1 Å². The Morgan fingerprint density at radius 3 is 2.18 bits per heavy atom. The molecule has 55 heavy (non-hydrogen) atoms. The lowest BCUT2D eigenvalue weighted by Crippen LogP contribution is -2.67. The van der Waals surface area contributed by atoms with Crippen molar-refractivity contribution in [2.45, 2.75) is 168 Å². The van der Waals surface area contributed by atoms with Gasteiger partial charge in [-0.25, -0.2) is 0 Å². The molecule has 13 heteroatoms. The second kappa shape index (κ2) is 13.8. The zero-order valence-corrected chi connectivity index (χ0v) is 33.5. The van der Waals surface area contributed by atoms with Crippen molar-refractivity contribution < 1.29 is 64.0 Å². The summed E-state index contributed by atoms with van der Waals surface area (Å²) >= 11 is 0. The van der Waals surface area contributed by atoms with Gasteiger partial charge in [0.2, 0.25) is 6.29 Å². The highest BCUT2D eigenvalue weighted by molar-refractivity contribution is 5.87. The number of aliphatic hydroxyl groups excluding tert-OH is 5. The molecule has 7 aliphatic rings. The van der Waals surface area contributed by atoms with Crippen molar-refractivity contribution in [2.24, 2.45) is 56.2 Å². The highest BCUT2D eigenvalue weighted by Gasteiger charge is 2.70. The van der Waals surface area contributed by atoms with Crippen LogP contribution < -0.4 is 0 Å². The van der Waals surface area contributed by atoms with Crippen molar-refractivity contribution in [1.29, 1.82) is 0 Å². The number of fused-ring (bicyclic) bond motifs is 7. The summed E-state index contributed by atoms with van der Waals surface area (Å²) in [5.41, 5.74) is -0.166. The van der Waals surface area contributed by atoms with Gasteiger partial charge in [0.05, 0.1) is 12.0 Å². The number of carbonyl (C=O) groups is 3. The third-order valence-electron chi connectivity index (χ3n) is 17.2. The van der Waals surface area contributed by atoms with Gasteiger partial charge in [-0.15, -0.1) is 0 Å². The molecule has 6 N–H and O–H groups in total. The van der Waals surface area contributed by atoms with Crippen LogP contribution in [0.3, 0.4) is 0 Å². The van der Waals surface area contributed by atoms with Crippen LogP contribution in [0.4, 0.5) is 0 Å². The monoisotopic (exact) mass is 776 g/mol. The van der Waals surface area contributed by atoms with Gasteiger partial charge < -0.3 is 49.6 Å². The normalized spacial score (nSPS) is 51.6. The van der Waals surface area contributed by atoms with Crippen LogP contribution >= 0.6 is 0 Å². The molecule has 0 aromatic rings. The van der Waals surface area contributed by atoms with E-state index in [1.807, 2.05) is 0 Å². The van der Waals surface area contributed by atoms with Crippen LogP contribution in [0.1, 0.15) is 113 Å². The summed E-state index contributed by atoms with van der Waals surface area (Å²) in [5, 5.41) is 64.0. The Balaban J connectivity index is 1.15. The molecule has 0 spiro atoms. The maximum absolute atomic E-state index is 14.7. The zero-order valence-electron chi connectivity index (χ0n) is 33.5. The van der Waals surface area contributed by atoms with Crippen molar-refractivity contribution in [3.05, 3.63) is 11.6 Å². The molecule has 0 radical (unpaired) electrons. The molecule has 2 saturated heterocycles. The first-order valence-electron chi connectivity index (χ1n) is 20.5. The number of aliphatic hydroxyl groups is 5. The molecule has 5 aliphatic carbocycles. The fourth-order valence-corrected chi connectivity index (χ4v) is 13.8. The molecule has 17 atom stereocenters. The maximum atomic E-state index is 14.7. The van der Waals surface area contributed by atoms with Gasteiger partial charge in [0.1, 0.15) is 42.7 Å². The molecule has 13 nitrogen and oxygen atoms in total. The third kappa shape index (κ3) is 6.02. The number of Topliss-reactive ketones (excluding diaryl/α,β-unsaturated/α-hetero) is 1. The molecule has 6 unspecified atom stereocenters. The van der Waals surface area contributed by atoms with Gasteiger partial charge in [-0.3, -0.25) is 14.4 Å². The van der Waals surface area contributed by atoms with Gasteiger partial charge in [0.25, 0.3) is 6.47 Å². The summed E-state index contributed by atoms with van der Waals surface area (Å²) < 4.78 is 22.0. The highest BCUT2D eigenvalue weighted by atomic mass is 16.7. The molecule has 0 bridgehead atoms. The summed E-state index contributed by atoms with van der Waals surface area (Å²) in [4.78, 5) is 39.2. The Hall–Kier alpha value is -1.97. The lowest BCUT2D eigenvalue weighted by Gasteiger charge is -2.71. The molecule has 6 fully saturated rings. The molecule has 2 heterocycles. The number of carboxylic acid groups (broad SMARTS) is 1. The van der Waals surface area contributed by atoms with E-state index in [9.17, 15) is 45.0 Å². The van der Waals surface area contributed by atoms with E-state index in [0.29, 0.717) is 25.2 Å². The van der Waals surface area contributed by atoms with Crippen molar-refractivity contribution in [3.63, 3.8) is 0 Å². The van der Waals surface area contributed by atoms with E-state index in [1.165, 1.54) is 5.57 Å². The first-order chi connectivity index (χ1) is 25.6. The lowest BCUT2D eigenvalue weighted by molar-refractivity contribution is -0.338. The Morgan fingerprint density at radius 1 is 0.818 bits per heavy atom. The molecule has 4 saturated carbocycles. The van der Waals surface area contributed by atoms with Crippen molar-refractivity contribution in [1.82, 2.24) is 0 Å². The Morgan fingerprint density at radius 2 is 1.51 bits per heavy atom. The van der Waals surface area contributed by atoms with Gasteiger partial charge in [-0.2, -0.15) is 0 Å². The van der Waals surface area contributed by atoms with Crippen LogP contribution in [0.25, 0.3) is 0 Å². The third-order valence-corrected chi connectivity index (χ3v) is 17.2. The van der Waals surface area contributed by atoms with Crippen molar-refractivity contribution >= 4 is 18.2 Å². The van der Waals surface area contributed by atoms with Gasteiger partial charge in [-0.1, -0.05) is 60.1 Å². The molecule has 0 aromatic carbocycles. The first-order valence-corrected chi connectivity index (χ1v) is 20.5. The predicted octanol–water partition coefficient (Wildman–Crippen LogP) is 3.50. The number of allylic oxidation sites excluding steroid dienone is 2. The van der Waals surface area contributed by atoms with E-state index < -0.39 is 83.8 Å². The number of hydrogen-bond donors (Lipinski definition) is 6. The minimum Gasteiger partial charge on any atom is -0.481 e. The first kappa shape index (κ1) is 41.2. The number of aliphatic carboxylic acids is 1. The number of hydrogen-bond acceptors (Lipinski definition) is 12. The molecule has 310 valence electrons. The van der Waals surface area contributed by atoms with Crippen molar-refractivity contribution in [2.75, 3.05) is 6.61 Å². The van der Waals surface area contributed by atoms with Crippen LogP contribution in [-0.4, -0.2) is 111 Å². The van der Waals surface area contributed by atoms with Crippen molar-refractivity contribution in [3.8, 4) is 0 Å². The highest BCUT2D eigenvalue weighted by Crippen LogP contribution is 2.76. The average molecular weight is 777 g/mol. The molecular formula is C42H64O13. The van der Waals surface area contributed by atoms with Gasteiger partial charge >= 0.3 is 5.97 Å². The quantitative estimate of drug-likeness (QED) is 0.162. The van der Waals surface area contributed by atoms with Crippen LogP contribution in [0, 0.1) is 56.2 Å². The maximum Gasteiger partial charge on any atom is 0.310 e. The van der Waals surface area contributed by atoms with Crippen LogP contribution in [0.5, 0.6) is 0 Å². The lowest BCUT2D eigenvalue weighted by atomic mass is 9.33. The summed E-state index contributed by atoms with van der Waals surface area (Å²) in [6.07, 6.45) is -4.19. The second-order valence-corrected chi connectivity index (χ2v) is 20.5. The minimum absolute atomic E-state index is 0.0190. The molecule has 7 rings (SSSR count). The van der Waals surface area contributed by atoms with Gasteiger partial charge in [0, 0.05) is 5.92 Å². The fourth-order valence-electron chi connectivity index (χ4n) is 13.8. The Kier molecular flexibility index (Phi) is 10.3. The summed E-state index contributed by atoms with van der Waals surface area (Å²) in [5.74, 6) is -1.15. The topological polar surface area (TPSA) is 210 Å². The number of carbonyl (C=O) groups excluding carboxylic acids is 2. The average Bonchev–Trinajstić information content (AvgIpc) is 3.10. The van der Waals surface area contributed by atoms with Crippen LogP contribution in [0.2, 0.25) is 0 Å². The number of ether oxygens (including phenoxy) is 4. The van der Waals surface area contributed by atoms with E-state index in [1.54, 1.807) is 0 Å². The molecule has 0 amide bonds. The van der Waals surface area contributed by atoms with E-state index in [-0.39, 0.29) is 46.6 Å². The Labute approximate surface area is 324 Å². The molecular weight excluding hydrogens is 712 g/mol. The van der Waals surface area contributed by atoms with E-state index in [4.69, 9.17) is 18.9 Å². The largest absolute Gasteiger partial charge is 0.481 e. The minimum atomic E-state index is -1.77. The fraction of sp³-hybridized carbons (Fsp3) is 0.881. The molecule has 0 aromatic heterocycles. The van der Waals surface area contributed by atoms with E-state index in [0.717, 1.165) is 44.9 Å². The standard InChI is InChI=1S/C42H64O13/c1-37(2)14-16-42(36(50)51)17-15-40(6)21(23(42)18-37)8-9-26-39(5)12-10-22(38(3,4)25(39)11-13-41(26,40)7)27(45)32-30(48)33(31(49)35(54-32)53-20-43)55-34-29(47)28(46)24(44)19-52-34/h8,20,22-26,28-35,44,46-49H,9-19H2,1-7H3,(H,50,51)/t22-,23?,24-,25?,26?,28?,29+,30-,31+,32+,33?,34+,35?,39+,40-,41-,42+/m1/s1. The van der Waals surface area contributed by atoms with Gasteiger partial charge in [-0.05, 0) is 109 Å².